The van der Waals surface area contributed by atoms with Crippen LogP contribution in [0.15, 0.2) is 10.7 Å². The average Bonchev–Trinajstić information content (AvgIpc) is 2.75. The first-order valence-electron chi connectivity index (χ1n) is 6.41. The molecule has 0 aliphatic heterocycles. The van der Waals surface area contributed by atoms with Crippen molar-refractivity contribution in [3.05, 3.63) is 17.5 Å². The topological polar surface area (TPSA) is 75.4 Å². The monoisotopic (exact) mass is 252 g/mol. The van der Waals surface area contributed by atoms with Gasteiger partial charge in [0.05, 0.1) is 18.3 Å². The summed E-state index contributed by atoms with van der Waals surface area (Å²) in [6.45, 7) is 3.84. The lowest BCUT2D eigenvalue weighted by Crippen LogP contribution is -2.53. The molecule has 1 amide bonds. The Morgan fingerprint density at radius 3 is 3.06 bits per heavy atom. The van der Waals surface area contributed by atoms with Crippen LogP contribution in [-0.2, 0) is 0 Å². The summed E-state index contributed by atoms with van der Waals surface area (Å²) in [5, 5.41) is 16.2. The molecule has 2 N–H and O–H groups in total. The maximum absolute atomic E-state index is 12.1. The summed E-state index contributed by atoms with van der Waals surface area (Å²) in [6, 6.07) is 0. The van der Waals surface area contributed by atoms with Gasteiger partial charge < -0.3 is 14.9 Å². The maximum atomic E-state index is 12.1. The number of nitrogens with zero attached hydrogens (tertiary/aromatic N) is 1. The maximum Gasteiger partial charge on any atom is 0.257 e. The summed E-state index contributed by atoms with van der Waals surface area (Å²) >= 11 is 0. The summed E-state index contributed by atoms with van der Waals surface area (Å²) in [5.74, 6) is 0.816. The number of amides is 1. The van der Waals surface area contributed by atoms with E-state index in [-0.39, 0.29) is 12.5 Å². The molecular formula is C13H20N2O3. The number of aromatic nitrogens is 1. The van der Waals surface area contributed by atoms with Crippen molar-refractivity contribution in [1.82, 2.24) is 10.5 Å². The molecule has 1 heterocycles. The smallest absolute Gasteiger partial charge is 0.257 e. The first-order valence-corrected chi connectivity index (χ1v) is 6.41. The SMILES string of the molecule is Cc1oncc1C(=O)NC1(CO)CCCC(C)C1. The van der Waals surface area contributed by atoms with Crippen molar-refractivity contribution in [2.75, 3.05) is 6.61 Å². The van der Waals surface area contributed by atoms with Crippen LogP contribution in [0.1, 0.15) is 48.7 Å². The molecule has 100 valence electrons. The summed E-state index contributed by atoms with van der Waals surface area (Å²) in [7, 11) is 0. The van der Waals surface area contributed by atoms with Gasteiger partial charge >= 0.3 is 0 Å². The molecule has 5 nitrogen and oxygen atoms in total. The van der Waals surface area contributed by atoms with Gasteiger partial charge in [0.1, 0.15) is 11.3 Å². The van der Waals surface area contributed by atoms with Gasteiger partial charge in [-0.2, -0.15) is 0 Å². The minimum absolute atomic E-state index is 0.0204. The second-order valence-electron chi connectivity index (χ2n) is 5.39. The van der Waals surface area contributed by atoms with E-state index in [2.05, 4.69) is 17.4 Å². The van der Waals surface area contributed by atoms with Crippen molar-refractivity contribution in [2.45, 2.75) is 45.1 Å². The molecule has 2 rings (SSSR count). The molecule has 18 heavy (non-hydrogen) atoms. The van der Waals surface area contributed by atoms with Gasteiger partial charge in [-0.25, -0.2) is 0 Å². The van der Waals surface area contributed by atoms with Crippen LogP contribution >= 0.6 is 0 Å². The Kier molecular flexibility index (Phi) is 3.71. The average molecular weight is 252 g/mol. The minimum atomic E-state index is -0.488. The zero-order valence-corrected chi connectivity index (χ0v) is 10.9. The van der Waals surface area contributed by atoms with Crippen LogP contribution in [-0.4, -0.2) is 28.3 Å². The van der Waals surface area contributed by atoms with Gasteiger partial charge in [0.15, 0.2) is 0 Å². The van der Waals surface area contributed by atoms with Gasteiger partial charge in [-0.15, -0.1) is 0 Å². The van der Waals surface area contributed by atoms with Gasteiger partial charge in [0.2, 0.25) is 0 Å². The zero-order chi connectivity index (χ0) is 13.2. The predicted molar refractivity (Wildman–Crippen MR) is 66.2 cm³/mol. The Labute approximate surface area is 107 Å². The predicted octanol–water partition coefficient (Wildman–Crippen LogP) is 1.65. The van der Waals surface area contributed by atoms with E-state index in [1.165, 1.54) is 6.20 Å². The van der Waals surface area contributed by atoms with E-state index in [0.29, 0.717) is 17.2 Å². The van der Waals surface area contributed by atoms with Crippen molar-refractivity contribution < 1.29 is 14.4 Å². The Balaban J connectivity index is 2.11. The number of aryl methyl sites for hydroxylation is 1. The van der Waals surface area contributed by atoms with Crippen LogP contribution in [0, 0.1) is 12.8 Å². The first-order chi connectivity index (χ1) is 8.56. The molecule has 0 spiro atoms. The fraction of sp³-hybridized carbons (Fsp3) is 0.692. The molecule has 0 saturated heterocycles. The number of aliphatic hydroxyl groups excluding tert-OH is 1. The van der Waals surface area contributed by atoms with Crippen molar-refractivity contribution in [1.29, 1.82) is 0 Å². The Bertz CT molecular complexity index is 430. The van der Waals surface area contributed by atoms with Gasteiger partial charge in [-0.1, -0.05) is 24.9 Å². The Morgan fingerprint density at radius 2 is 2.50 bits per heavy atom. The van der Waals surface area contributed by atoms with E-state index in [1.54, 1.807) is 6.92 Å². The lowest BCUT2D eigenvalue weighted by molar-refractivity contribution is 0.0696. The van der Waals surface area contributed by atoms with Crippen LogP contribution in [0.4, 0.5) is 0 Å². The molecule has 1 fully saturated rings. The molecule has 0 bridgehead atoms. The highest BCUT2D eigenvalue weighted by atomic mass is 16.5. The van der Waals surface area contributed by atoms with Gasteiger partial charge in [-0.05, 0) is 25.7 Å². The van der Waals surface area contributed by atoms with Crippen molar-refractivity contribution in [2.24, 2.45) is 5.92 Å². The molecule has 2 unspecified atom stereocenters. The number of carbonyl (C=O) groups excluding carboxylic acids is 1. The largest absolute Gasteiger partial charge is 0.394 e. The van der Waals surface area contributed by atoms with Crippen molar-refractivity contribution >= 4 is 5.91 Å². The van der Waals surface area contributed by atoms with Crippen LogP contribution in [0.2, 0.25) is 0 Å². The van der Waals surface area contributed by atoms with E-state index < -0.39 is 5.54 Å². The number of rotatable bonds is 3. The van der Waals surface area contributed by atoms with E-state index in [0.717, 1.165) is 25.7 Å². The van der Waals surface area contributed by atoms with E-state index >= 15 is 0 Å². The summed E-state index contributed by atoms with van der Waals surface area (Å²) in [4.78, 5) is 12.1. The third-order valence-corrected chi connectivity index (χ3v) is 3.77. The second kappa shape index (κ2) is 5.10. The molecule has 0 radical (unpaired) electrons. The van der Waals surface area contributed by atoms with Crippen LogP contribution in [0.5, 0.6) is 0 Å². The van der Waals surface area contributed by atoms with Crippen LogP contribution in [0.25, 0.3) is 0 Å². The molecule has 1 saturated carbocycles. The third kappa shape index (κ3) is 2.56. The molecule has 2 atom stereocenters. The van der Waals surface area contributed by atoms with Crippen molar-refractivity contribution in [3.8, 4) is 0 Å². The fourth-order valence-corrected chi connectivity index (χ4v) is 2.78. The standard InChI is InChI=1S/C13H20N2O3/c1-9-4-3-5-13(6-9,8-16)15-12(17)11-7-14-18-10(11)2/h7,9,16H,3-6,8H2,1-2H3,(H,15,17). The zero-order valence-electron chi connectivity index (χ0n) is 10.9. The molecule has 1 aromatic heterocycles. The number of carbonyl (C=O) groups is 1. The molecular weight excluding hydrogens is 232 g/mol. The third-order valence-electron chi connectivity index (χ3n) is 3.77. The number of hydrogen-bond donors (Lipinski definition) is 2. The highest BCUT2D eigenvalue weighted by molar-refractivity contribution is 5.95. The summed E-state index contributed by atoms with van der Waals surface area (Å²) in [5.41, 5.74) is -0.0422. The van der Waals surface area contributed by atoms with Gasteiger partial charge in [0, 0.05) is 0 Å². The minimum Gasteiger partial charge on any atom is -0.394 e. The summed E-state index contributed by atoms with van der Waals surface area (Å²) < 4.78 is 4.89. The van der Waals surface area contributed by atoms with Crippen LogP contribution < -0.4 is 5.32 Å². The van der Waals surface area contributed by atoms with Gasteiger partial charge in [-0.3, -0.25) is 4.79 Å². The lowest BCUT2D eigenvalue weighted by Gasteiger charge is -2.39. The van der Waals surface area contributed by atoms with Gasteiger partial charge in [0.25, 0.3) is 5.91 Å². The quantitative estimate of drug-likeness (QED) is 0.857. The molecule has 1 aliphatic rings. The molecule has 1 aromatic rings. The number of hydrogen-bond acceptors (Lipinski definition) is 4. The number of aliphatic hydroxyl groups is 1. The van der Waals surface area contributed by atoms with E-state index in [9.17, 15) is 9.90 Å². The Hall–Kier alpha value is -1.36. The Morgan fingerprint density at radius 1 is 1.72 bits per heavy atom. The van der Waals surface area contributed by atoms with E-state index in [1.807, 2.05) is 0 Å². The second-order valence-corrected chi connectivity index (χ2v) is 5.39. The molecule has 1 aliphatic carbocycles. The van der Waals surface area contributed by atoms with Crippen molar-refractivity contribution in [3.63, 3.8) is 0 Å². The normalized spacial score (nSPS) is 28.1. The lowest BCUT2D eigenvalue weighted by atomic mass is 9.76. The molecule has 0 aromatic carbocycles. The highest BCUT2D eigenvalue weighted by Crippen LogP contribution is 2.32. The highest BCUT2D eigenvalue weighted by Gasteiger charge is 2.36. The van der Waals surface area contributed by atoms with Crippen LogP contribution in [0.3, 0.4) is 0 Å². The van der Waals surface area contributed by atoms with E-state index in [4.69, 9.17) is 4.52 Å². The number of nitrogens with one attached hydrogen (secondary N) is 1. The summed E-state index contributed by atoms with van der Waals surface area (Å²) in [6.07, 6.45) is 5.25. The molecule has 5 heteroatoms. The first kappa shape index (κ1) is 13.1. The fourth-order valence-electron chi connectivity index (χ4n) is 2.78.